The predicted octanol–water partition coefficient (Wildman–Crippen LogP) is 2.77. The number of nitrogens with zero attached hydrogens (tertiary/aromatic N) is 1. The van der Waals surface area contributed by atoms with Crippen molar-refractivity contribution >= 4 is 5.82 Å². The van der Waals surface area contributed by atoms with Crippen LogP contribution in [-0.4, -0.2) is 11.6 Å². The van der Waals surface area contributed by atoms with Crippen molar-refractivity contribution in [3.63, 3.8) is 0 Å². The van der Waals surface area contributed by atoms with Crippen molar-refractivity contribution in [2.24, 2.45) is 0 Å². The fourth-order valence-electron chi connectivity index (χ4n) is 1.48. The molecular formula is C12H20N2O. The van der Waals surface area contributed by atoms with Crippen molar-refractivity contribution in [3.8, 4) is 5.75 Å². The number of rotatable bonds is 4. The van der Waals surface area contributed by atoms with Crippen molar-refractivity contribution < 1.29 is 4.74 Å². The third kappa shape index (κ3) is 2.61. The Morgan fingerprint density at radius 1 is 1.20 bits per heavy atom. The van der Waals surface area contributed by atoms with Crippen LogP contribution in [0.3, 0.4) is 0 Å². The smallest absolute Gasteiger partial charge is 0.143 e. The maximum absolute atomic E-state index is 5.78. The van der Waals surface area contributed by atoms with E-state index in [1.54, 1.807) is 0 Å². The van der Waals surface area contributed by atoms with Crippen LogP contribution in [0.5, 0.6) is 5.75 Å². The second kappa shape index (κ2) is 5.01. The Hall–Kier alpha value is -1.25. The number of ether oxygens (including phenoxy) is 1. The molecule has 1 aromatic rings. The van der Waals surface area contributed by atoms with Crippen LogP contribution < -0.4 is 10.5 Å². The number of aromatic nitrogens is 1. The van der Waals surface area contributed by atoms with E-state index in [0.717, 1.165) is 42.0 Å². The van der Waals surface area contributed by atoms with Gasteiger partial charge in [-0.2, -0.15) is 0 Å². The number of nitrogen functional groups attached to an aromatic ring is 1. The molecule has 0 unspecified atom stereocenters. The predicted molar refractivity (Wildman–Crippen MR) is 63.3 cm³/mol. The van der Waals surface area contributed by atoms with Gasteiger partial charge in [-0.15, -0.1) is 0 Å². The molecule has 0 atom stereocenters. The number of pyridine rings is 1. The van der Waals surface area contributed by atoms with Gasteiger partial charge >= 0.3 is 0 Å². The molecule has 0 saturated heterocycles. The second-order valence-corrected chi connectivity index (χ2v) is 3.86. The van der Waals surface area contributed by atoms with Crippen LogP contribution in [0.15, 0.2) is 0 Å². The molecule has 0 spiro atoms. The van der Waals surface area contributed by atoms with Gasteiger partial charge in [0.1, 0.15) is 11.6 Å². The molecule has 1 aromatic heterocycles. The molecule has 3 nitrogen and oxygen atoms in total. The minimum Gasteiger partial charge on any atom is -0.491 e. The molecule has 0 aromatic carbocycles. The van der Waals surface area contributed by atoms with Crippen LogP contribution in [0.1, 0.15) is 36.6 Å². The van der Waals surface area contributed by atoms with Gasteiger partial charge in [-0.3, -0.25) is 0 Å². The van der Waals surface area contributed by atoms with E-state index in [2.05, 4.69) is 11.9 Å². The Bertz CT molecular complexity index is 348. The third-order valence-electron chi connectivity index (χ3n) is 2.65. The van der Waals surface area contributed by atoms with Gasteiger partial charge in [-0.05, 0) is 38.3 Å². The minimum absolute atomic E-state index is 0.604. The van der Waals surface area contributed by atoms with Crippen LogP contribution in [-0.2, 0) is 0 Å². The Kier molecular flexibility index (Phi) is 3.95. The number of aryl methyl sites for hydroxylation is 1. The molecule has 1 heterocycles. The monoisotopic (exact) mass is 208 g/mol. The molecule has 0 aliphatic carbocycles. The van der Waals surface area contributed by atoms with E-state index in [1.165, 1.54) is 0 Å². The first-order chi connectivity index (χ1) is 7.07. The fourth-order valence-corrected chi connectivity index (χ4v) is 1.48. The van der Waals surface area contributed by atoms with Crippen LogP contribution in [0.2, 0.25) is 0 Å². The highest BCUT2D eigenvalue weighted by Crippen LogP contribution is 2.27. The SMILES string of the molecule is CCCCOc1c(C)nc(N)c(C)c1C. The lowest BCUT2D eigenvalue weighted by molar-refractivity contribution is 0.303. The van der Waals surface area contributed by atoms with Crippen molar-refractivity contribution in [1.82, 2.24) is 4.98 Å². The number of hydrogen-bond donors (Lipinski definition) is 1. The second-order valence-electron chi connectivity index (χ2n) is 3.86. The van der Waals surface area contributed by atoms with E-state index in [0.29, 0.717) is 5.82 Å². The maximum Gasteiger partial charge on any atom is 0.143 e. The summed E-state index contributed by atoms with van der Waals surface area (Å²) in [6.45, 7) is 8.84. The summed E-state index contributed by atoms with van der Waals surface area (Å²) in [6.07, 6.45) is 2.21. The molecule has 3 heteroatoms. The van der Waals surface area contributed by atoms with Crippen LogP contribution in [0.4, 0.5) is 5.82 Å². The summed E-state index contributed by atoms with van der Waals surface area (Å²) >= 11 is 0. The molecule has 0 aliphatic rings. The lowest BCUT2D eigenvalue weighted by Crippen LogP contribution is -2.06. The van der Waals surface area contributed by atoms with Gasteiger partial charge in [0.05, 0.1) is 12.3 Å². The van der Waals surface area contributed by atoms with E-state index in [4.69, 9.17) is 10.5 Å². The van der Waals surface area contributed by atoms with Gasteiger partial charge in [-0.25, -0.2) is 4.98 Å². The maximum atomic E-state index is 5.78. The molecule has 0 saturated carbocycles. The molecule has 2 N–H and O–H groups in total. The Labute approximate surface area is 91.7 Å². The van der Waals surface area contributed by atoms with Crippen molar-refractivity contribution in [3.05, 3.63) is 16.8 Å². The lowest BCUT2D eigenvalue weighted by Gasteiger charge is -2.14. The average molecular weight is 208 g/mol. The molecular weight excluding hydrogens is 188 g/mol. The third-order valence-corrected chi connectivity index (χ3v) is 2.65. The summed E-state index contributed by atoms with van der Waals surface area (Å²) in [6, 6.07) is 0. The largest absolute Gasteiger partial charge is 0.491 e. The molecule has 0 amide bonds. The zero-order chi connectivity index (χ0) is 11.4. The molecule has 0 bridgehead atoms. The van der Waals surface area contributed by atoms with Gasteiger partial charge in [0.15, 0.2) is 0 Å². The average Bonchev–Trinajstić information content (AvgIpc) is 2.20. The summed E-state index contributed by atoms with van der Waals surface area (Å²) in [4.78, 5) is 4.27. The van der Waals surface area contributed by atoms with Crippen LogP contribution in [0.25, 0.3) is 0 Å². The highest BCUT2D eigenvalue weighted by atomic mass is 16.5. The van der Waals surface area contributed by atoms with Crippen molar-refractivity contribution in [2.75, 3.05) is 12.3 Å². The zero-order valence-corrected chi connectivity index (χ0v) is 10.1. The first-order valence-electron chi connectivity index (χ1n) is 5.44. The summed E-state index contributed by atoms with van der Waals surface area (Å²) < 4.78 is 5.73. The van der Waals surface area contributed by atoms with Gasteiger partial charge in [0.2, 0.25) is 0 Å². The van der Waals surface area contributed by atoms with E-state index in [9.17, 15) is 0 Å². The van der Waals surface area contributed by atoms with Crippen LogP contribution >= 0.6 is 0 Å². The van der Waals surface area contributed by atoms with Crippen molar-refractivity contribution in [1.29, 1.82) is 0 Å². The quantitative estimate of drug-likeness (QED) is 0.774. The Morgan fingerprint density at radius 2 is 1.87 bits per heavy atom. The van der Waals surface area contributed by atoms with Gasteiger partial charge < -0.3 is 10.5 Å². The summed E-state index contributed by atoms with van der Waals surface area (Å²) in [5.41, 5.74) is 8.79. The van der Waals surface area contributed by atoms with Crippen molar-refractivity contribution in [2.45, 2.75) is 40.5 Å². The Morgan fingerprint density at radius 3 is 2.47 bits per heavy atom. The first kappa shape index (κ1) is 11.8. The van der Waals surface area contributed by atoms with E-state index < -0.39 is 0 Å². The molecule has 0 fully saturated rings. The van der Waals surface area contributed by atoms with E-state index >= 15 is 0 Å². The number of unbranched alkanes of at least 4 members (excludes halogenated alkanes) is 1. The summed E-state index contributed by atoms with van der Waals surface area (Å²) in [7, 11) is 0. The van der Waals surface area contributed by atoms with Gasteiger partial charge in [0, 0.05) is 0 Å². The number of hydrogen-bond acceptors (Lipinski definition) is 3. The highest BCUT2D eigenvalue weighted by molar-refractivity contribution is 5.52. The Balaban J connectivity index is 2.92. The van der Waals surface area contributed by atoms with E-state index in [1.807, 2.05) is 20.8 Å². The molecule has 15 heavy (non-hydrogen) atoms. The minimum atomic E-state index is 0.604. The van der Waals surface area contributed by atoms with Gasteiger partial charge in [0.25, 0.3) is 0 Å². The van der Waals surface area contributed by atoms with Crippen LogP contribution in [0, 0.1) is 20.8 Å². The molecule has 84 valence electrons. The summed E-state index contributed by atoms with van der Waals surface area (Å²) in [5.74, 6) is 1.50. The highest BCUT2D eigenvalue weighted by Gasteiger charge is 2.10. The molecule has 0 radical (unpaired) electrons. The normalized spacial score (nSPS) is 10.4. The zero-order valence-electron chi connectivity index (χ0n) is 10.1. The standard InChI is InChI=1S/C12H20N2O/c1-5-6-7-15-11-8(2)9(3)12(13)14-10(11)4/h5-7H2,1-4H3,(H2,13,14). The first-order valence-corrected chi connectivity index (χ1v) is 5.44. The fraction of sp³-hybridized carbons (Fsp3) is 0.583. The topological polar surface area (TPSA) is 48.1 Å². The van der Waals surface area contributed by atoms with E-state index in [-0.39, 0.29) is 0 Å². The van der Waals surface area contributed by atoms with Gasteiger partial charge in [-0.1, -0.05) is 13.3 Å². The number of nitrogens with two attached hydrogens (primary N) is 1. The summed E-state index contributed by atoms with van der Waals surface area (Å²) in [5, 5.41) is 0. The molecule has 1 rings (SSSR count). The molecule has 0 aliphatic heterocycles. The lowest BCUT2D eigenvalue weighted by atomic mass is 10.1. The number of anilines is 1.